The largest absolute Gasteiger partial charge is 0.491 e. The van der Waals surface area contributed by atoms with E-state index in [0.717, 1.165) is 29.8 Å². The van der Waals surface area contributed by atoms with Gasteiger partial charge < -0.3 is 24.3 Å². The number of ether oxygens (including phenoxy) is 4. The molecule has 3 aromatic rings. The van der Waals surface area contributed by atoms with Crippen molar-refractivity contribution < 1.29 is 23.7 Å². The van der Waals surface area contributed by atoms with Crippen LogP contribution in [0.15, 0.2) is 54.7 Å². The Hall–Kier alpha value is -3.85. The van der Waals surface area contributed by atoms with E-state index in [4.69, 9.17) is 18.9 Å². The molecule has 204 valence electrons. The summed E-state index contributed by atoms with van der Waals surface area (Å²) in [6, 6.07) is 14.7. The van der Waals surface area contributed by atoms with Crippen molar-refractivity contribution in [2.75, 3.05) is 31.0 Å². The van der Waals surface area contributed by atoms with Crippen LogP contribution in [0.1, 0.15) is 58.9 Å². The molecular formula is C29H38N4O5. The van der Waals surface area contributed by atoms with Crippen molar-refractivity contribution in [1.82, 2.24) is 9.97 Å². The molecule has 1 fully saturated rings. The third kappa shape index (κ3) is 9.23. The van der Waals surface area contributed by atoms with Crippen LogP contribution in [0, 0.1) is 0 Å². The van der Waals surface area contributed by atoms with Crippen LogP contribution in [-0.2, 0) is 9.47 Å². The van der Waals surface area contributed by atoms with Gasteiger partial charge in [-0.1, -0.05) is 19.9 Å². The Morgan fingerprint density at radius 2 is 1.74 bits per heavy atom. The van der Waals surface area contributed by atoms with Gasteiger partial charge in [-0.2, -0.15) is 4.98 Å². The lowest BCUT2D eigenvalue weighted by atomic mass is 10.2. The van der Waals surface area contributed by atoms with Crippen molar-refractivity contribution in [1.29, 1.82) is 0 Å². The van der Waals surface area contributed by atoms with Crippen LogP contribution in [0.2, 0.25) is 0 Å². The summed E-state index contributed by atoms with van der Waals surface area (Å²) in [6.45, 7) is 10.5. The first-order valence-corrected chi connectivity index (χ1v) is 12.9. The van der Waals surface area contributed by atoms with E-state index < -0.39 is 11.7 Å². The SMILES string of the molecule is CC.COCCOc1ccc(Nc2ncc(C3CC3)c(Oc3cccc(NC(=O)OC(C)(C)C)c3)n2)cc1. The highest BCUT2D eigenvalue weighted by Crippen LogP contribution is 2.44. The molecule has 9 nitrogen and oxygen atoms in total. The molecular weight excluding hydrogens is 484 g/mol. The Morgan fingerprint density at radius 3 is 2.39 bits per heavy atom. The van der Waals surface area contributed by atoms with Gasteiger partial charge in [-0.15, -0.1) is 0 Å². The number of amides is 1. The predicted molar refractivity (Wildman–Crippen MR) is 149 cm³/mol. The van der Waals surface area contributed by atoms with Crippen molar-refractivity contribution in [2.45, 2.75) is 59.0 Å². The Kier molecular flexibility index (Phi) is 10.3. The average molecular weight is 523 g/mol. The van der Waals surface area contributed by atoms with Crippen molar-refractivity contribution in [3.8, 4) is 17.4 Å². The summed E-state index contributed by atoms with van der Waals surface area (Å²) in [6.07, 6.45) is 3.45. The number of carbonyl (C=O) groups is 1. The first kappa shape index (κ1) is 28.7. The Balaban J connectivity index is 0.00000195. The molecule has 0 bridgehead atoms. The summed E-state index contributed by atoms with van der Waals surface area (Å²) in [4.78, 5) is 21.3. The summed E-state index contributed by atoms with van der Waals surface area (Å²) in [5, 5.41) is 5.95. The molecule has 4 rings (SSSR count). The fourth-order valence-electron chi connectivity index (χ4n) is 3.37. The lowest BCUT2D eigenvalue weighted by molar-refractivity contribution is 0.0636. The van der Waals surface area contributed by atoms with E-state index in [1.165, 1.54) is 0 Å². The number of nitrogens with one attached hydrogen (secondary N) is 2. The highest BCUT2D eigenvalue weighted by Gasteiger charge is 2.29. The van der Waals surface area contributed by atoms with Crippen LogP contribution in [-0.4, -0.2) is 42.0 Å². The monoisotopic (exact) mass is 522 g/mol. The predicted octanol–water partition coefficient (Wildman–Crippen LogP) is 7.29. The molecule has 0 unspecified atom stereocenters. The molecule has 2 aromatic carbocycles. The second kappa shape index (κ2) is 13.6. The van der Waals surface area contributed by atoms with Crippen LogP contribution >= 0.6 is 0 Å². The number of benzene rings is 2. The maximum atomic E-state index is 12.1. The molecule has 1 saturated carbocycles. The quantitative estimate of drug-likeness (QED) is 0.268. The molecule has 0 atom stereocenters. The third-order valence-electron chi connectivity index (χ3n) is 5.16. The van der Waals surface area contributed by atoms with Crippen molar-refractivity contribution in [2.24, 2.45) is 0 Å². The van der Waals surface area contributed by atoms with Gasteiger partial charge in [0.2, 0.25) is 11.8 Å². The van der Waals surface area contributed by atoms with Gasteiger partial charge >= 0.3 is 6.09 Å². The standard InChI is InChI=1S/C27H32N4O5.C2H6/c1-27(2,3)36-26(32)30-20-6-5-7-22(16-20)35-24-23(18-8-9-18)17-28-25(31-24)29-19-10-12-21(13-11-19)34-15-14-33-4;1-2/h5-7,10-13,16-18H,8-9,14-15H2,1-4H3,(H,30,32)(H,28,29,31);1-2H3. The number of carbonyl (C=O) groups excluding carboxylic acids is 1. The summed E-state index contributed by atoms with van der Waals surface area (Å²) >= 11 is 0. The zero-order valence-corrected chi connectivity index (χ0v) is 23.0. The second-order valence-corrected chi connectivity index (χ2v) is 9.48. The van der Waals surface area contributed by atoms with Crippen LogP contribution in [0.4, 0.5) is 22.1 Å². The van der Waals surface area contributed by atoms with Crippen LogP contribution in [0.25, 0.3) is 0 Å². The topological polar surface area (TPSA) is 104 Å². The maximum absolute atomic E-state index is 12.1. The molecule has 0 spiro atoms. The third-order valence-corrected chi connectivity index (χ3v) is 5.16. The van der Waals surface area contributed by atoms with Gasteiger partial charge in [-0.3, -0.25) is 5.32 Å². The number of methoxy groups -OCH3 is 1. The number of anilines is 3. The Morgan fingerprint density at radius 1 is 1.00 bits per heavy atom. The Labute approximate surface area is 224 Å². The molecule has 9 heteroatoms. The fraction of sp³-hybridized carbons (Fsp3) is 0.414. The van der Waals surface area contributed by atoms with E-state index in [1.807, 2.05) is 71.1 Å². The van der Waals surface area contributed by atoms with E-state index in [-0.39, 0.29) is 0 Å². The lowest BCUT2D eigenvalue weighted by Crippen LogP contribution is -2.27. The van der Waals surface area contributed by atoms with Gasteiger partial charge in [-0.25, -0.2) is 9.78 Å². The van der Waals surface area contributed by atoms with Crippen molar-refractivity contribution >= 4 is 23.4 Å². The second-order valence-electron chi connectivity index (χ2n) is 9.48. The molecule has 1 aromatic heterocycles. The molecule has 2 N–H and O–H groups in total. The van der Waals surface area contributed by atoms with Crippen LogP contribution in [0.3, 0.4) is 0 Å². The van der Waals surface area contributed by atoms with Gasteiger partial charge in [-0.05, 0) is 75.9 Å². The molecule has 0 radical (unpaired) electrons. The lowest BCUT2D eigenvalue weighted by Gasteiger charge is -2.19. The van der Waals surface area contributed by atoms with E-state index in [0.29, 0.717) is 42.4 Å². The normalized spacial score (nSPS) is 12.6. The van der Waals surface area contributed by atoms with Crippen LogP contribution < -0.4 is 20.1 Å². The van der Waals surface area contributed by atoms with E-state index >= 15 is 0 Å². The maximum Gasteiger partial charge on any atom is 0.412 e. The van der Waals surface area contributed by atoms with E-state index in [9.17, 15) is 4.79 Å². The minimum atomic E-state index is -0.584. The number of hydrogen-bond acceptors (Lipinski definition) is 8. The average Bonchev–Trinajstić information content (AvgIpc) is 3.71. The number of nitrogens with zero attached hydrogens (tertiary/aromatic N) is 2. The molecule has 1 amide bonds. The summed E-state index contributed by atoms with van der Waals surface area (Å²) in [5.41, 5.74) is 1.77. The fourth-order valence-corrected chi connectivity index (χ4v) is 3.37. The molecule has 0 aliphatic heterocycles. The van der Waals surface area contributed by atoms with Gasteiger partial charge in [0.15, 0.2) is 0 Å². The molecule has 1 aliphatic carbocycles. The van der Waals surface area contributed by atoms with E-state index in [2.05, 4.69) is 20.6 Å². The number of aromatic nitrogens is 2. The first-order chi connectivity index (χ1) is 18.3. The highest BCUT2D eigenvalue weighted by molar-refractivity contribution is 5.85. The van der Waals surface area contributed by atoms with Gasteiger partial charge in [0, 0.05) is 36.3 Å². The minimum Gasteiger partial charge on any atom is -0.491 e. The van der Waals surface area contributed by atoms with E-state index in [1.54, 1.807) is 25.3 Å². The minimum absolute atomic E-state index is 0.389. The number of hydrogen-bond donors (Lipinski definition) is 2. The van der Waals surface area contributed by atoms with Crippen molar-refractivity contribution in [3.05, 3.63) is 60.3 Å². The Bertz CT molecular complexity index is 1170. The van der Waals surface area contributed by atoms with Gasteiger partial charge in [0.05, 0.1) is 6.61 Å². The van der Waals surface area contributed by atoms with Crippen molar-refractivity contribution in [3.63, 3.8) is 0 Å². The summed E-state index contributed by atoms with van der Waals surface area (Å²) in [7, 11) is 1.64. The highest BCUT2D eigenvalue weighted by atomic mass is 16.6. The zero-order chi connectivity index (χ0) is 27.5. The molecule has 1 aliphatic rings. The van der Waals surface area contributed by atoms with Gasteiger partial charge in [0.1, 0.15) is 23.7 Å². The number of rotatable bonds is 10. The first-order valence-electron chi connectivity index (χ1n) is 12.9. The zero-order valence-electron chi connectivity index (χ0n) is 23.0. The van der Waals surface area contributed by atoms with Crippen LogP contribution in [0.5, 0.6) is 17.4 Å². The molecule has 1 heterocycles. The molecule has 38 heavy (non-hydrogen) atoms. The smallest absolute Gasteiger partial charge is 0.412 e. The molecule has 0 saturated heterocycles. The summed E-state index contributed by atoms with van der Waals surface area (Å²) in [5.74, 6) is 2.61. The summed E-state index contributed by atoms with van der Waals surface area (Å²) < 4.78 is 22.1. The van der Waals surface area contributed by atoms with Gasteiger partial charge in [0.25, 0.3) is 0 Å².